The molecule has 0 amide bonds. The summed E-state index contributed by atoms with van der Waals surface area (Å²) in [5.41, 5.74) is -0.566. The Hall–Kier alpha value is -1.78. The van der Waals surface area contributed by atoms with Gasteiger partial charge in [-0.25, -0.2) is 13.4 Å². The zero-order valence-electron chi connectivity index (χ0n) is 12.8. The van der Waals surface area contributed by atoms with Gasteiger partial charge in [-0.1, -0.05) is 5.16 Å². The second-order valence-corrected chi connectivity index (χ2v) is 8.07. The summed E-state index contributed by atoms with van der Waals surface area (Å²) in [5.74, 6) is 0.989. The van der Waals surface area contributed by atoms with Crippen LogP contribution in [0.15, 0.2) is 22.1 Å². The van der Waals surface area contributed by atoms with Gasteiger partial charge in [0.25, 0.3) is 10.0 Å². The molecule has 124 valence electrons. The molecule has 10 heteroatoms. The summed E-state index contributed by atoms with van der Waals surface area (Å²) in [4.78, 5) is 8.30. The number of sulfonamides is 1. The van der Waals surface area contributed by atoms with Gasteiger partial charge in [0.2, 0.25) is 5.89 Å². The summed E-state index contributed by atoms with van der Waals surface area (Å²) < 4.78 is 39.6. The van der Waals surface area contributed by atoms with E-state index in [2.05, 4.69) is 15.1 Å². The fourth-order valence-corrected chi connectivity index (χ4v) is 4.85. The van der Waals surface area contributed by atoms with Crippen molar-refractivity contribution in [3.63, 3.8) is 0 Å². The van der Waals surface area contributed by atoms with Crippen LogP contribution in [0, 0.1) is 12.8 Å². The van der Waals surface area contributed by atoms with Crippen LogP contribution in [0.5, 0.6) is 0 Å². The Morgan fingerprint density at radius 2 is 2.26 bits per heavy atom. The molecule has 2 atom stereocenters. The van der Waals surface area contributed by atoms with E-state index in [4.69, 9.17) is 9.26 Å². The van der Waals surface area contributed by atoms with Gasteiger partial charge < -0.3 is 13.8 Å². The lowest BCUT2D eigenvalue weighted by Gasteiger charge is -2.22. The van der Waals surface area contributed by atoms with E-state index >= 15 is 0 Å². The third-order valence-corrected chi connectivity index (χ3v) is 6.28. The summed E-state index contributed by atoms with van der Waals surface area (Å²) in [5, 5.41) is 3.89. The number of imidazole rings is 1. The maximum absolute atomic E-state index is 12.8. The van der Waals surface area contributed by atoms with Crippen molar-refractivity contribution in [3.8, 4) is 0 Å². The van der Waals surface area contributed by atoms with Gasteiger partial charge in [0.1, 0.15) is 0 Å². The molecule has 0 unspecified atom stereocenters. The fourth-order valence-electron chi connectivity index (χ4n) is 3.33. The van der Waals surface area contributed by atoms with Crippen LogP contribution in [0.1, 0.15) is 11.7 Å². The lowest BCUT2D eigenvalue weighted by Crippen LogP contribution is -2.37. The molecule has 2 aliphatic rings. The van der Waals surface area contributed by atoms with Crippen molar-refractivity contribution in [2.24, 2.45) is 13.0 Å². The third-order valence-electron chi connectivity index (χ3n) is 4.58. The van der Waals surface area contributed by atoms with Gasteiger partial charge in [-0.15, -0.1) is 0 Å². The number of fused-ring (bicyclic) bond motifs is 1. The minimum absolute atomic E-state index is 0.000775. The van der Waals surface area contributed by atoms with Crippen LogP contribution in [0.3, 0.4) is 0 Å². The van der Waals surface area contributed by atoms with Gasteiger partial charge in [-0.2, -0.15) is 9.29 Å². The molecule has 9 nitrogen and oxygen atoms in total. The first-order valence-corrected chi connectivity index (χ1v) is 8.72. The fraction of sp³-hybridized carbons (Fsp3) is 0.615. The molecule has 0 aliphatic carbocycles. The van der Waals surface area contributed by atoms with Crippen molar-refractivity contribution in [1.82, 2.24) is 24.0 Å². The van der Waals surface area contributed by atoms with E-state index in [1.54, 1.807) is 18.5 Å². The molecule has 0 aromatic carbocycles. The van der Waals surface area contributed by atoms with Gasteiger partial charge >= 0.3 is 0 Å². The predicted molar refractivity (Wildman–Crippen MR) is 77.0 cm³/mol. The number of nitrogens with zero attached hydrogens (tertiary/aromatic N) is 5. The monoisotopic (exact) mass is 339 g/mol. The highest BCUT2D eigenvalue weighted by atomic mass is 32.2. The SMILES string of the molecule is Cc1noc([C@]23COC[C@H]2CN(S(=O)(=O)c2cn(C)cn2)C3)n1. The number of rotatable bonds is 3. The Labute approximate surface area is 133 Å². The lowest BCUT2D eigenvalue weighted by atomic mass is 9.81. The van der Waals surface area contributed by atoms with Crippen LogP contribution in [0.25, 0.3) is 0 Å². The van der Waals surface area contributed by atoms with Gasteiger partial charge in [0.05, 0.1) is 25.0 Å². The highest BCUT2D eigenvalue weighted by molar-refractivity contribution is 7.89. The largest absolute Gasteiger partial charge is 0.380 e. The van der Waals surface area contributed by atoms with Crippen molar-refractivity contribution in [2.45, 2.75) is 17.4 Å². The smallest absolute Gasteiger partial charge is 0.262 e. The first-order chi connectivity index (χ1) is 10.9. The van der Waals surface area contributed by atoms with E-state index < -0.39 is 15.4 Å². The van der Waals surface area contributed by atoms with E-state index in [0.29, 0.717) is 31.5 Å². The topological polar surface area (TPSA) is 103 Å². The molecule has 23 heavy (non-hydrogen) atoms. The Bertz CT molecular complexity index is 844. The van der Waals surface area contributed by atoms with E-state index in [-0.39, 0.29) is 17.5 Å². The summed E-state index contributed by atoms with van der Waals surface area (Å²) in [6, 6.07) is 0. The molecule has 0 spiro atoms. The average molecular weight is 339 g/mol. The van der Waals surface area contributed by atoms with E-state index in [1.807, 2.05) is 0 Å². The lowest BCUT2D eigenvalue weighted by molar-refractivity contribution is 0.153. The number of hydrogen-bond donors (Lipinski definition) is 0. The molecule has 2 aromatic rings. The highest BCUT2D eigenvalue weighted by Crippen LogP contribution is 2.44. The molecule has 0 radical (unpaired) electrons. The zero-order chi connectivity index (χ0) is 16.2. The Morgan fingerprint density at radius 3 is 2.91 bits per heavy atom. The zero-order valence-corrected chi connectivity index (χ0v) is 13.7. The van der Waals surface area contributed by atoms with Crippen LogP contribution in [-0.4, -0.2) is 58.7 Å². The maximum Gasteiger partial charge on any atom is 0.262 e. The molecule has 0 bridgehead atoms. The predicted octanol–water partition coefficient (Wildman–Crippen LogP) is -0.300. The second-order valence-electron chi connectivity index (χ2n) is 6.19. The van der Waals surface area contributed by atoms with Crippen LogP contribution in [0.2, 0.25) is 0 Å². The quantitative estimate of drug-likeness (QED) is 0.756. The van der Waals surface area contributed by atoms with E-state index in [9.17, 15) is 8.42 Å². The van der Waals surface area contributed by atoms with Gasteiger partial charge in [-0.3, -0.25) is 0 Å². The number of aryl methyl sites for hydroxylation is 2. The minimum Gasteiger partial charge on any atom is -0.380 e. The van der Waals surface area contributed by atoms with Crippen LogP contribution < -0.4 is 0 Å². The highest BCUT2D eigenvalue weighted by Gasteiger charge is 2.58. The summed E-state index contributed by atoms with van der Waals surface area (Å²) in [7, 11) is -1.91. The van der Waals surface area contributed by atoms with Crippen LogP contribution in [0.4, 0.5) is 0 Å². The van der Waals surface area contributed by atoms with Gasteiger partial charge in [-0.05, 0) is 6.92 Å². The Balaban J connectivity index is 1.70. The Kier molecular flexibility index (Phi) is 3.12. The van der Waals surface area contributed by atoms with E-state index in [0.717, 1.165) is 0 Å². The van der Waals surface area contributed by atoms with Crippen molar-refractivity contribution in [3.05, 3.63) is 24.2 Å². The summed E-state index contributed by atoms with van der Waals surface area (Å²) in [6.45, 7) is 3.23. The van der Waals surface area contributed by atoms with Crippen molar-refractivity contribution in [2.75, 3.05) is 26.3 Å². The average Bonchev–Trinajstić information content (AvgIpc) is 3.19. The molecular formula is C13H17N5O4S. The molecule has 4 rings (SSSR count). The molecule has 2 fully saturated rings. The molecule has 0 N–H and O–H groups in total. The second kappa shape index (κ2) is 4.86. The number of hydrogen-bond acceptors (Lipinski definition) is 7. The molecule has 2 saturated heterocycles. The molecule has 0 saturated carbocycles. The molecule has 2 aliphatic heterocycles. The van der Waals surface area contributed by atoms with Crippen molar-refractivity contribution >= 4 is 10.0 Å². The van der Waals surface area contributed by atoms with Gasteiger partial charge in [0.15, 0.2) is 10.9 Å². The van der Waals surface area contributed by atoms with Gasteiger partial charge in [0, 0.05) is 32.3 Å². The molecule has 4 heterocycles. The van der Waals surface area contributed by atoms with Crippen LogP contribution >= 0.6 is 0 Å². The molecule has 2 aromatic heterocycles. The van der Waals surface area contributed by atoms with Crippen molar-refractivity contribution in [1.29, 1.82) is 0 Å². The van der Waals surface area contributed by atoms with Crippen LogP contribution in [-0.2, 0) is 27.2 Å². The minimum atomic E-state index is -3.64. The first-order valence-electron chi connectivity index (χ1n) is 7.28. The normalized spacial score (nSPS) is 28.3. The maximum atomic E-state index is 12.8. The number of ether oxygens (including phenoxy) is 1. The Morgan fingerprint density at radius 1 is 1.43 bits per heavy atom. The van der Waals surface area contributed by atoms with Crippen molar-refractivity contribution < 1.29 is 17.7 Å². The standard InChI is InChI=1S/C13H17N5O4S/c1-9-15-12(22-16-9)13-6-18(3-10(13)5-21-7-13)23(19,20)11-4-17(2)8-14-11/h4,8,10H,3,5-7H2,1-2H3/t10-,13-/m1/s1. The summed E-state index contributed by atoms with van der Waals surface area (Å²) >= 11 is 0. The summed E-state index contributed by atoms with van der Waals surface area (Å²) in [6.07, 6.45) is 2.98. The molecular weight excluding hydrogens is 322 g/mol. The number of aromatic nitrogens is 4. The third kappa shape index (κ3) is 2.12. The first kappa shape index (κ1) is 14.8. The van der Waals surface area contributed by atoms with E-state index in [1.165, 1.54) is 16.8 Å².